The molecular weight excluding hydrogens is 400 g/mol. The van der Waals surface area contributed by atoms with Gasteiger partial charge in [0.2, 0.25) is 17.1 Å². The topological polar surface area (TPSA) is 114 Å². The number of hydrogen-bond acceptors (Lipinski definition) is 6. The van der Waals surface area contributed by atoms with Crippen molar-refractivity contribution in [3.8, 4) is 18.2 Å². The highest BCUT2D eigenvalue weighted by Crippen LogP contribution is 2.66. The lowest BCUT2D eigenvalue weighted by Crippen LogP contribution is -2.59. The second kappa shape index (κ2) is 7.49. The summed E-state index contributed by atoms with van der Waals surface area (Å²) in [5.41, 5.74) is -1.09. The van der Waals surface area contributed by atoms with Crippen molar-refractivity contribution >= 4 is 5.90 Å². The maximum Gasteiger partial charge on any atom is 0.215 e. The summed E-state index contributed by atoms with van der Waals surface area (Å²) in [6.45, 7) is 5.86. The molecule has 4 atom stereocenters. The Morgan fingerprint density at radius 3 is 2.12 bits per heavy atom. The normalized spacial score (nSPS) is 30.1. The Kier molecular flexibility index (Phi) is 5.04. The quantitative estimate of drug-likeness (QED) is 0.741. The summed E-state index contributed by atoms with van der Waals surface area (Å²) in [5, 5.41) is 39.8. The first-order valence-electron chi connectivity index (χ1n) is 10.6. The first-order chi connectivity index (χ1) is 15.3. The van der Waals surface area contributed by atoms with Gasteiger partial charge in [0.25, 0.3) is 0 Å². The molecule has 2 fully saturated rings. The summed E-state index contributed by atoms with van der Waals surface area (Å²) < 4.78 is 12.2. The standard InChI is InChI=1S/C26H24N4O2/c1-17(2)19-9-11-20(12-10-19)22-25(14-27,15-28)26(16-29)21(13-18-7-5-4-6-8-18)24(3,31-22)32-23(26)30/h4-12,17,21-22,30H,13H2,1-3H3. The van der Waals surface area contributed by atoms with E-state index in [-0.39, 0.29) is 5.90 Å². The van der Waals surface area contributed by atoms with Crippen LogP contribution in [0.1, 0.15) is 49.5 Å². The summed E-state index contributed by atoms with van der Waals surface area (Å²) in [5.74, 6) is -2.10. The molecule has 0 spiro atoms. The van der Waals surface area contributed by atoms with E-state index in [0.29, 0.717) is 17.9 Å². The molecule has 0 aromatic heterocycles. The lowest BCUT2D eigenvalue weighted by Gasteiger charge is -2.48. The van der Waals surface area contributed by atoms with Gasteiger partial charge in [0.15, 0.2) is 5.41 Å². The van der Waals surface area contributed by atoms with E-state index >= 15 is 0 Å². The fourth-order valence-corrected chi connectivity index (χ4v) is 5.09. The van der Waals surface area contributed by atoms with Crippen molar-refractivity contribution in [2.24, 2.45) is 16.7 Å². The Morgan fingerprint density at radius 2 is 1.59 bits per heavy atom. The van der Waals surface area contributed by atoms with Crippen LogP contribution >= 0.6 is 0 Å². The van der Waals surface area contributed by atoms with Gasteiger partial charge in [-0.15, -0.1) is 0 Å². The molecule has 2 aliphatic heterocycles. The van der Waals surface area contributed by atoms with E-state index in [4.69, 9.17) is 14.9 Å². The molecule has 0 amide bonds. The summed E-state index contributed by atoms with van der Waals surface area (Å²) in [6, 6.07) is 23.4. The van der Waals surface area contributed by atoms with Crippen molar-refractivity contribution in [3.63, 3.8) is 0 Å². The number of ether oxygens (including phenoxy) is 2. The van der Waals surface area contributed by atoms with Gasteiger partial charge < -0.3 is 9.47 Å². The maximum atomic E-state index is 10.5. The number of hydrogen-bond donors (Lipinski definition) is 1. The number of benzene rings is 2. The Labute approximate surface area is 188 Å². The minimum atomic E-state index is -1.95. The fourth-order valence-electron chi connectivity index (χ4n) is 5.09. The largest absolute Gasteiger partial charge is 0.448 e. The highest BCUT2D eigenvalue weighted by molar-refractivity contribution is 5.89. The van der Waals surface area contributed by atoms with Gasteiger partial charge in [-0.05, 0) is 29.0 Å². The molecule has 2 heterocycles. The van der Waals surface area contributed by atoms with Crippen molar-refractivity contribution in [2.75, 3.05) is 0 Å². The Balaban J connectivity index is 1.90. The van der Waals surface area contributed by atoms with Crippen LogP contribution in [0.3, 0.4) is 0 Å². The minimum Gasteiger partial charge on any atom is -0.448 e. The van der Waals surface area contributed by atoms with E-state index < -0.39 is 28.6 Å². The van der Waals surface area contributed by atoms with Crippen molar-refractivity contribution in [2.45, 2.75) is 45.0 Å². The summed E-state index contributed by atoms with van der Waals surface area (Å²) >= 11 is 0. The van der Waals surface area contributed by atoms with Crippen LogP contribution in [0, 0.1) is 56.2 Å². The van der Waals surface area contributed by atoms with E-state index in [1.165, 1.54) is 0 Å². The molecule has 2 aromatic carbocycles. The zero-order valence-electron chi connectivity index (χ0n) is 18.3. The van der Waals surface area contributed by atoms with Crippen molar-refractivity contribution in [1.29, 1.82) is 21.2 Å². The molecule has 0 radical (unpaired) electrons. The third-order valence-corrected chi connectivity index (χ3v) is 6.90. The monoisotopic (exact) mass is 424 g/mol. The van der Waals surface area contributed by atoms with Crippen LogP contribution in [0.4, 0.5) is 0 Å². The van der Waals surface area contributed by atoms with E-state index in [2.05, 4.69) is 32.1 Å². The predicted octanol–water partition coefficient (Wildman–Crippen LogP) is 5.01. The van der Waals surface area contributed by atoms with Crippen molar-refractivity contribution in [1.82, 2.24) is 0 Å². The molecule has 32 heavy (non-hydrogen) atoms. The van der Waals surface area contributed by atoms with E-state index in [1.54, 1.807) is 6.92 Å². The Bertz CT molecular complexity index is 1160. The predicted molar refractivity (Wildman–Crippen MR) is 117 cm³/mol. The van der Waals surface area contributed by atoms with E-state index in [1.807, 2.05) is 54.6 Å². The molecule has 4 unspecified atom stereocenters. The molecule has 0 saturated carbocycles. The number of nitriles is 3. The van der Waals surface area contributed by atoms with Crippen LogP contribution in [0.2, 0.25) is 0 Å². The van der Waals surface area contributed by atoms with Crippen molar-refractivity contribution < 1.29 is 9.47 Å². The molecule has 160 valence electrons. The van der Waals surface area contributed by atoms with E-state index in [0.717, 1.165) is 11.1 Å². The molecule has 1 N–H and O–H groups in total. The van der Waals surface area contributed by atoms with Crippen LogP contribution in [-0.4, -0.2) is 11.7 Å². The number of rotatable bonds is 4. The highest BCUT2D eigenvalue weighted by atomic mass is 16.7. The number of nitrogens with zero attached hydrogens (tertiary/aromatic N) is 3. The van der Waals surface area contributed by atoms with Crippen LogP contribution in [0.25, 0.3) is 0 Å². The number of fused-ring (bicyclic) bond motifs is 2. The van der Waals surface area contributed by atoms with Crippen LogP contribution in [-0.2, 0) is 15.9 Å². The van der Waals surface area contributed by atoms with Gasteiger partial charge >= 0.3 is 0 Å². The lowest BCUT2D eigenvalue weighted by molar-refractivity contribution is -0.272. The third kappa shape index (κ3) is 2.76. The van der Waals surface area contributed by atoms with Crippen molar-refractivity contribution in [3.05, 3.63) is 71.3 Å². The first kappa shape index (κ1) is 21.6. The van der Waals surface area contributed by atoms with Gasteiger partial charge in [-0.3, -0.25) is 5.41 Å². The second-order valence-electron chi connectivity index (χ2n) is 8.96. The molecule has 0 aliphatic carbocycles. The van der Waals surface area contributed by atoms with Gasteiger partial charge in [0, 0.05) is 6.92 Å². The van der Waals surface area contributed by atoms with Gasteiger partial charge in [-0.1, -0.05) is 68.4 Å². The van der Waals surface area contributed by atoms with Crippen LogP contribution < -0.4 is 0 Å². The highest BCUT2D eigenvalue weighted by Gasteiger charge is 2.79. The second-order valence-corrected chi connectivity index (χ2v) is 8.96. The summed E-state index contributed by atoms with van der Waals surface area (Å²) in [7, 11) is 0. The first-order valence-corrected chi connectivity index (χ1v) is 10.6. The average molecular weight is 425 g/mol. The van der Waals surface area contributed by atoms with Crippen LogP contribution in [0.15, 0.2) is 54.6 Å². The summed E-state index contributed by atoms with van der Waals surface area (Å²) in [6.07, 6.45) is -0.713. The Hall–Kier alpha value is -3.66. The maximum absolute atomic E-state index is 10.5. The summed E-state index contributed by atoms with van der Waals surface area (Å²) in [4.78, 5) is 0. The molecule has 2 aliphatic rings. The lowest BCUT2D eigenvalue weighted by atomic mass is 9.52. The van der Waals surface area contributed by atoms with Gasteiger partial charge in [0.1, 0.15) is 6.10 Å². The number of nitrogens with one attached hydrogen (secondary N) is 1. The molecule has 6 heteroatoms. The minimum absolute atomic E-state index is 0.318. The zero-order chi connectivity index (χ0) is 23.1. The third-order valence-electron chi connectivity index (χ3n) is 6.90. The SMILES string of the molecule is CC(C)c1ccc(C2OC3(C)OC(=N)C(C#N)(C3Cc3ccccc3)C2(C#N)C#N)cc1. The smallest absolute Gasteiger partial charge is 0.215 e. The molecule has 2 bridgehead atoms. The van der Waals surface area contributed by atoms with Gasteiger partial charge in [-0.2, -0.15) is 15.8 Å². The molecule has 6 nitrogen and oxygen atoms in total. The van der Waals surface area contributed by atoms with Crippen LogP contribution in [0.5, 0.6) is 0 Å². The Morgan fingerprint density at radius 1 is 0.969 bits per heavy atom. The molecule has 2 saturated heterocycles. The van der Waals surface area contributed by atoms with Gasteiger partial charge in [0.05, 0.1) is 24.1 Å². The fraction of sp³-hybridized carbons (Fsp3) is 0.385. The van der Waals surface area contributed by atoms with Gasteiger partial charge in [-0.25, -0.2) is 0 Å². The molecular formula is C26H24N4O2. The molecule has 4 rings (SSSR count). The zero-order valence-corrected chi connectivity index (χ0v) is 18.3. The molecule has 2 aromatic rings. The van der Waals surface area contributed by atoms with E-state index in [9.17, 15) is 15.8 Å². The average Bonchev–Trinajstić information content (AvgIpc) is 2.96.